The average molecular weight is 271 g/mol. The van der Waals surface area contributed by atoms with Gasteiger partial charge in [0.25, 0.3) is 5.91 Å². The number of anilines is 1. The number of nitrogens with zero attached hydrogens (tertiary/aromatic N) is 2. The minimum atomic E-state index is -1.11. The third-order valence-corrected chi connectivity index (χ3v) is 2.83. The van der Waals surface area contributed by atoms with Gasteiger partial charge in [0.15, 0.2) is 6.61 Å². The first-order chi connectivity index (χ1) is 9.65. The number of carboxylic acid groups (broad SMARTS) is 1. The van der Waals surface area contributed by atoms with Crippen LogP contribution in [0.15, 0.2) is 30.7 Å². The van der Waals surface area contributed by atoms with E-state index in [0.717, 1.165) is 0 Å². The Hall–Kier alpha value is -2.96. The molecule has 0 fully saturated rings. The average Bonchev–Trinajstić information content (AvgIpc) is 2.46. The van der Waals surface area contributed by atoms with Gasteiger partial charge < -0.3 is 15.2 Å². The highest BCUT2D eigenvalue weighted by Crippen LogP contribution is 2.32. The van der Waals surface area contributed by atoms with Crippen molar-refractivity contribution in [3.05, 3.63) is 36.3 Å². The molecule has 3 rings (SSSR count). The Kier molecular flexibility index (Phi) is 2.79. The van der Waals surface area contributed by atoms with Crippen LogP contribution in [0.3, 0.4) is 0 Å². The number of ether oxygens (including phenoxy) is 1. The van der Waals surface area contributed by atoms with Crippen molar-refractivity contribution < 1.29 is 19.4 Å². The maximum absolute atomic E-state index is 11.3. The molecule has 2 aromatic rings. The van der Waals surface area contributed by atoms with Gasteiger partial charge in [0.05, 0.1) is 11.4 Å². The summed E-state index contributed by atoms with van der Waals surface area (Å²) in [5.41, 5.74) is 1.34. The van der Waals surface area contributed by atoms with E-state index in [1.807, 2.05) is 0 Å². The fourth-order valence-electron chi connectivity index (χ4n) is 1.95. The number of aromatic nitrogens is 2. The van der Waals surface area contributed by atoms with Crippen LogP contribution < -0.4 is 10.1 Å². The molecule has 0 bridgehead atoms. The van der Waals surface area contributed by atoms with Gasteiger partial charge in [-0.15, -0.1) is 0 Å². The lowest BCUT2D eigenvalue weighted by molar-refractivity contribution is -0.118. The number of rotatable bonds is 2. The fraction of sp³-hybridized carbons (Fsp3) is 0.0769. The molecule has 1 aromatic heterocycles. The van der Waals surface area contributed by atoms with Crippen molar-refractivity contribution in [2.24, 2.45) is 0 Å². The summed E-state index contributed by atoms with van der Waals surface area (Å²) in [7, 11) is 0. The van der Waals surface area contributed by atoms with E-state index < -0.39 is 5.97 Å². The standard InChI is InChI=1S/C13H9N3O4/c17-11-5-20-10-2-1-7(3-9(10)16-11)12-8(13(18)19)4-14-6-15-12/h1-4,6H,5H2,(H,16,17)(H,18,19). The number of carbonyl (C=O) groups excluding carboxylic acids is 1. The molecule has 0 spiro atoms. The normalized spacial score (nSPS) is 13.1. The second kappa shape index (κ2) is 4.61. The Balaban J connectivity index is 2.10. The van der Waals surface area contributed by atoms with Crippen LogP contribution >= 0.6 is 0 Å². The first-order valence-electron chi connectivity index (χ1n) is 5.75. The first-order valence-corrected chi connectivity index (χ1v) is 5.75. The Bertz CT molecular complexity index is 715. The number of hydrogen-bond donors (Lipinski definition) is 2. The number of aromatic carboxylic acids is 1. The Labute approximate surface area is 113 Å². The zero-order valence-corrected chi connectivity index (χ0v) is 10.2. The van der Waals surface area contributed by atoms with Crippen LogP contribution in [0.1, 0.15) is 10.4 Å². The van der Waals surface area contributed by atoms with Gasteiger partial charge in [-0.25, -0.2) is 14.8 Å². The van der Waals surface area contributed by atoms with Gasteiger partial charge in [-0.2, -0.15) is 0 Å². The van der Waals surface area contributed by atoms with Crippen LogP contribution in [0.25, 0.3) is 11.3 Å². The summed E-state index contributed by atoms with van der Waals surface area (Å²) in [5.74, 6) is -0.825. The molecule has 1 amide bonds. The maximum atomic E-state index is 11.3. The summed E-state index contributed by atoms with van der Waals surface area (Å²) >= 11 is 0. The molecule has 0 unspecified atom stereocenters. The number of amides is 1. The van der Waals surface area contributed by atoms with Gasteiger partial charge in [0.1, 0.15) is 17.6 Å². The third-order valence-electron chi connectivity index (χ3n) is 2.83. The highest BCUT2D eigenvalue weighted by molar-refractivity contribution is 5.98. The lowest BCUT2D eigenvalue weighted by atomic mass is 10.1. The fourth-order valence-corrected chi connectivity index (χ4v) is 1.95. The van der Waals surface area contributed by atoms with Crippen LogP contribution in [0, 0.1) is 0 Å². The minimum absolute atomic E-state index is 0.00416. The molecular weight excluding hydrogens is 262 g/mol. The maximum Gasteiger partial charge on any atom is 0.339 e. The lowest BCUT2D eigenvalue weighted by Crippen LogP contribution is -2.25. The van der Waals surface area contributed by atoms with Crippen molar-refractivity contribution in [3.8, 4) is 17.0 Å². The molecule has 1 aromatic carbocycles. The number of nitrogens with one attached hydrogen (secondary N) is 1. The molecule has 1 aliphatic heterocycles. The largest absolute Gasteiger partial charge is 0.482 e. The number of hydrogen-bond acceptors (Lipinski definition) is 5. The van der Waals surface area contributed by atoms with E-state index in [9.17, 15) is 9.59 Å². The molecule has 0 aliphatic carbocycles. The quantitative estimate of drug-likeness (QED) is 0.850. The smallest absolute Gasteiger partial charge is 0.339 e. The molecule has 0 saturated carbocycles. The van der Waals surface area contributed by atoms with Crippen LogP contribution in [-0.2, 0) is 4.79 Å². The van der Waals surface area contributed by atoms with Crippen molar-refractivity contribution in [1.29, 1.82) is 0 Å². The number of benzene rings is 1. The summed E-state index contributed by atoms with van der Waals surface area (Å²) in [5, 5.41) is 11.8. The Morgan fingerprint density at radius 3 is 3.05 bits per heavy atom. The number of carbonyl (C=O) groups is 2. The monoisotopic (exact) mass is 271 g/mol. The second-order valence-electron chi connectivity index (χ2n) is 4.14. The first kappa shape index (κ1) is 12.1. The van der Waals surface area contributed by atoms with Crippen LogP contribution in [0.2, 0.25) is 0 Å². The molecular formula is C13H9N3O4. The van der Waals surface area contributed by atoms with Crippen molar-refractivity contribution in [3.63, 3.8) is 0 Å². The molecule has 100 valence electrons. The molecule has 0 radical (unpaired) electrons. The van der Waals surface area contributed by atoms with E-state index in [4.69, 9.17) is 9.84 Å². The Morgan fingerprint density at radius 2 is 2.25 bits per heavy atom. The zero-order chi connectivity index (χ0) is 14.1. The molecule has 20 heavy (non-hydrogen) atoms. The molecule has 0 atom stereocenters. The SMILES string of the molecule is O=C1COc2ccc(-c3ncncc3C(=O)O)cc2N1. The highest BCUT2D eigenvalue weighted by Gasteiger charge is 2.19. The highest BCUT2D eigenvalue weighted by atomic mass is 16.5. The van der Waals surface area contributed by atoms with Gasteiger partial charge in [0, 0.05) is 11.8 Å². The molecule has 2 heterocycles. The van der Waals surface area contributed by atoms with Gasteiger partial charge in [-0.1, -0.05) is 0 Å². The zero-order valence-electron chi connectivity index (χ0n) is 10.2. The van der Waals surface area contributed by atoms with E-state index in [2.05, 4.69) is 15.3 Å². The van der Waals surface area contributed by atoms with Gasteiger partial charge in [0.2, 0.25) is 0 Å². The molecule has 1 aliphatic rings. The lowest BCUT2D eigenvalue weighted by Gasteiger charge is -2.18. The molecule has 0 saturated heterocycles. The third kappa shape index (κ3) is 2.05. The predicted molar refractivity (Wildman–Crippen MR) is 68.6 cm³/mol. The summed E-state index contributed by atoms with van der Waals surface area (Å²) in [6.07, 6.45) is 2.51. The van der Waals surface area contributed by atoms with Gasteiger partial charge >= 0.3 is 5.97 Å². The number of fused-ring (bicyclic) bond motifs is 1. The van der Waals surface area contributed by atoms with Crippen LogP contribution in [-0.4, -0.2) is 33.6 Å². The van der Waals surface area contributed by atoms with E-state index in [1.165, 1.54) is 12.5 Å². The van der Waals surface area contributed by atoms with Crippen LogP contribution in [0.5, 0.6) is 5.75 Å². The summed E-state index contributed by atoms with van der Waals surface area (Å²) < 4.78 is 5.24. The van der Waals surface area contributed by atoms with E-state index in [0.29, 0.717) is 17.0 Å². The molecule has 7 nitrogen and oxygen atoms in total. The topological polar surface area (TPSA) is 101 Å². The summed E-state index contributed by atoms with van der Waals surface area (Å²) in [6, 6.07) is 4.98. The Morgan fingerprint density at radius 1 is 1.40 bits per heavy atom. The van der Waals surface area contributed by atoms with E-state index in [-0.39, 0.29) is 23.8 Å². The summed E-state index contributed by atoms with van der Waals surface area (Å²) in [4.78, 5) is 30.2. The summed E-state index contributed by atoms with van der Waals surface area (Å²) in [6.45, 7) is -0.0276. The van der Waals surface area contributed by atoms with Crippen molar-refractivity contribution in [2.45, 2.75) is 0 Å². The molecule has 2 N–H and O–H groups in total. The van der Waals surface area contributed by atoms with Crippen molar-refractivity contribution >= 4 is 17.6 Å². The molecule has 7 heteroatoms. The minimum Gasteiger partial charge on any atom is -0.482 e. The van der Waals surface area contributed by atoms with Crippen molar-refractivity contribution in [2.75, 3.05) is 11.9 Å². The number of carboxylic acids is 1. The second-order valence-corrected chi connectivity index (χ2v) is 4.14. The predicted octanol–water partition coefficient (Wildman–Crippen LogP) is 1.17. The van der Waals surface area contributed by atoms with E-state index >= 15 is 0 Å². The van der Waals surface area contributed by atoms with Gasteiger partial charge in [-0.3, -0.25) is 4.79 Å². The van der Waals surface area contributed by atoms with E-state index in [1.54, 1.807) is 18.2 Å². The van der Waals surface area contributed by atoms with Crippen molar-refractivity contribution in [1.82, 2.24) is 9.97 Å². The van der Waals surface area contributed by atoms with Gasteiger partial charge in [-0.05, 0) is 18.2 Å². The van der Waals surface area contributed by atoms with Crippen LogP contribution in [0.4, 0.5) is 5.69 Å².